The summed E-state index contributed by atoms with van der Waals surface area (Å²) in [4.78, 5) is 16.8. The first-order valence-electron chi connectivity index (χ1n) is 9.58. The zero-order valence-electron chi connectivity index (χ0n) is 16.7. The van der Waals surface area contributed by atoms with Gasteiger partial charge in [-0.2, -0.15) is 13.2 Å². The molecule has 158 valence electrons. The molecule has 1 heterocycles. The van der Waals surface area contributed by atoms with Gasteiger partial charge in [0, 0.05) is 43.6 Å². The van der Waals surface area contributed by atoms with Gasteiger partial charge in [-0.15, -0.1) is 0 Å². The summed E-state index contributed by atoms with van der Waals surface area (Å²) in [6.07, 6.45) is 2.41. The van der Waals surface area contributed by atoms with Crippen molar-refractivity contribution in [1.29, 1.82) is 0 Å². The van der Waals surface area contributed by atoms with E-state index in [0.29, 0.717) is 6.54 Å². The number of benzene rings is 1. The van der Waals surface area contributed by atoms with E-state index in [2.05, 4.69) is 24.1 Å². The highest BCUT2D eigenvalue weighted by molar-refractivity contribution is 5.94. The smallest absolute Gasteiger partial charge is 0.380 e. The quantitative estimate of drug-likeness (QED) is 0.807. The number of carbonyl (C=O) groups is 1. The summed E-state index contributed by atoms with van der Waals surface area (Å²) in [5, 5.41) is 3.02. The number of amides is 1. The highest BCUT2D eigenvalue weighted by Crippen LogP contribution is 2.41. The third kappa shape index (κ3) is 4.80. The van der Waals surface area contributed by atoms with Crippen LogP contribution in [0.4, 0.5) is 13.2 Å². The molecule has 0 radical (unpaired) electrons. The van der Waals surface area contributed by atoms with Crippen molar-refractivity contribution in [2.24, 2.45) is 11.3 Å². The Kier molecular flexibility index (Phi) is 6.03. The maximum atomic E-state index is 12.8. The Morgan fingerprint density at radius 1 is 1.31 bits per heavy atom. The summed E-state index contributed by atoms with van der Waals surface area (Å²) in [5.41, 5.74) is -0.626. The van der Waals surface area contributed by atoms with Gasteiger partial charge < -0.3 is 14.6 Å². The fraction of sp³-hybridized carbons (Fsp3) is 0.524. The molecule has 29 heavy (non-hydrogen) atoms. The number of hydrogen-bond donors (Lipinski definition) is 1. The molecular weight excluding hydrogens is 383 g/mol. The fourth-order valence-electron chi connectivity index (χ4n) is 4.27. The zero-order valence-corrected chi connectivity index (χ0v) is 16.7. The summed E-state index contributed by atoms with van der Waals surface area (Å²) in [5.74, 6) is -0.384. The fourth-order valence-corrected chi connectivity index (χ4v) is 4.27. The van der Waals surface area contributed by atoms with Crippen molar-refractivity contribution >= 4 is 5.91 Å². The van der Waals surface area contributed by atoms with E-state index in [0.717, 1.165) is 25.0 Å². The topological polar surface area (TPSA) is 56.1 Å². The third-order valence-electron chi connectivity index (χ3n) is 5.80. The Morgan fingerprint density at radius 2 is 2.00 bits per heavy atom. The Bertz CT molecular complexity index is 817. The number of halogens is 3. The second kappa shape index (κ2) is 8.18. The Morgan fingerprint density at radius 3 is 2.55 bits per heavy atom. The van der Waals surface area contributed by atoms with Crippen LogP contribution in [-0.2, 0) is 17.5 Å². The van der Waals surface area contributed by atoms with Crippen LogP contribution in [0, 0.1) is 11.3 Å². The second-order valence-corrected chi connectivity index (χ2v) is 8.26. The SMILES string of the molecule is CO[C@@H]1[C@H](Cn2ccnc2)[C@H](NC(=O)c2ccc(C(F)(F)F)cc2)CCC1(C)C. The van der Waals surface area contributed by atoms with Crippen LogP contribution >= 0.6 is 0 Å². The molecular formula is C21H26F3N3O2. The molecule has 1 amide bonds. The zero-order chi connectivity index (χ0) is 21.2. The van der Waals surface area contributed by atoms with E-state index in [1.807, 2.05) is 10.8 Å². The summed E-state index contributed by atoms with van der Waals surface area (Å²) in [6, 6.07) is 4.12. The third-order valence-corrected chi connectivity index (χ3v) is 5.80. The molecule has 2 aromatic rings. The van der Waals surface area contributed by atoms with Gasteiger partial charge in [0.25, 0.3) is 5.91 Å². The normalized spacial score (nSPS) is 24.3. The average Bonchev–Trinajstić information content (AvgIpc) is 3.16. The van der Waals surface area contributed by atoms with Crippen molar-refractivity contribution in [3.8, 4) is 0 Å². The lowest BCUT2D eigenvalue weighted by atomic mass is 9.67. The van der Waals surface area contributed by atoms with Crippen LogP contribution in [0.2, 0.25) is 0 Å². The predicted molar refractivity (Wildman–Crippen MR) is 102 cm³/mol. The molecule has 8 heteroatoms. The maximum Gasteiger partial charge on any atom is 0.416 e. The molecule has 1 N–H and O–H groups in total. The molecule has 1 aromatic heterocycles. The van der Waals surface area contributed by atoms with Crippen LogP contribution in [0.1, 0.15) is 42.6 Å². The van der Waals surface area contributed by atoms with Crippen molar-refractivity contribution in [3.63, 3.8) is 0 Å². The van der Waals surface area contributed by atoms with Gasteiger partial charge in [-0.25, -0.2) is 4.98 Å². The number of aromatic nitrogens is 2. The summed E-state index contributed by atoms with van der Waals surface area (Å²) < 4.78 is 46.1. The molecule has 0 aliphatic heterocycles. The number of ether oxygens (including phenoxy) is 1. The number of methoxy groups -OCH3 is 1. The Balaban J connectivity index is 1.78. The van der Waals surface area contributed by atoms with Gasteiger partial charge in [0.15, 0.2) is 0 Å². The van der Waals surface area contributed by atoms with Crippen molar-refractivity contribution in [3.05, 3.63) is 54.1 Å². The van der Waals surface area contributed by atoms with E-state index >= 15 is 0 Å². The van der Waals surface area contributed by atoms with E-state index < -0.39 is 11.7 Å². The van der Waals surface area contributed by atoms with Gasteiger partial charge in [0.2, 0.25) is 0 Å². The number of alkyl halides is 3. The van der Waals surface area contributed by atoms with Gasteiger partial charge in [-0.3, -0.25) is 4.79 Å². The Labute approximate surface area is 168 Å². The number of rotatable bonds is 5. The molecule has 1 aliphatic carbocycles. The molecule has 0 bridgehead atoms. The molecule has 1 aromatic carbocycles. The first-order chi connectivity index (χ1) is 13.6. The number of nitrogens with one attached hydrogen (secondary N) is 1. The van der Waals surface area contributed by atoms with Crippen LogP contribution in [-0.4, -0.2) is 34.7 Å². The molecule has 1 aliphatic rings. The van der Waals surface area contributed by atoms with Crippen molar-refractivity contribution in [2.75, 3.05) is 7.11 Å². The number of carbonyl (C=O) groups excluding carboxylic acids is 1. The minimum atomic E-state index is -4.43. The van der Waals surface area contributed by atoms with E-state index in [4.69, 9.17) is 4.74 Å². The van der Waals surface area contributed by atoms with Crippen LogP contribution in [0.5, 0.6) is 0 Å². The van der Waals surface area contributed by atoms with Crippen molar-refractivity contribution in [2.45, 2.75) is 51.6 Å². The lowest BCUT2D eigenvalue weighted by Gasteiger charge is -2.47. The maximum absolute atomic E-state index is 12.8. The molecule has 0 unspecified atom stereocenters. The summed E-state index contributed by atoms with van der Waals surface area (Å²) in [6.45, 7) is 4.92. The van der Waals surface area contributed by atoms with Gasteiger partial charge in [-0.1, -0.05) is 13.8 Å². The molecule has 0 spiro atoms. The minimum absolute atomic E-state index is 0.00338. The minimum Gasteiger partial charge on any atom is -0.380 e. The molecule has 1 saturated carbocycles. The first-order valence-corrected chi connectivity index (χ1v) is 9.58. The Hall–Kier alpha value is -2.35. The first kappa shape index (κ1) is 21.4. The van der Waals surface area contributed by atoms with Gasteiger partial charge in [-0.05, 0) is 42.5 Å². The van der Waals surface area contributed by atoms with Crippen LogP contribution in [0.25, 0.3) is 0 Å². The molecule has 5 nitrogen and oxygen atoms in total. The highest BCUT2D eigenvalue weighted by atomic mass is 19.4. The monoisotopic (exact) mass is 409 g/mol. The van der Waals surface area contributed by atoms with E-state index in [-0.39, 0.29) is 34.9 Å². The van der Waals surface area contributed by atoms with Crippen molar-refractivity contribution in [1.82, 2.24) is 14.9 Å². The molecule has 3 atom stereocenters. The number of hydrogen-bond acceptors (Lipinski definition) is 3. The average molecular weight is 409 g/mol. The van der Waals surface area contributed by atoms with Gasteiger partial charge in [0.1, 0.15) is 0 Å². The molecule has 1 fully saturated rings. The lowest BCUT2D eigenvalue weighted by Crippen LogP contribution is -2.55. The lowest BCUT2D eigenvalue weighted by molar-refractivity contribution is -0.137. The van der Waals surface area contributed by atoms with Crippen LogP contribution < -0.4 is 5.32 Å². The van der Waals surface area contributed by atoms with E-state index in [9.17, 15) is 18.0 Å². The van der Waals surface area contributed by atoms with Gasteiger partial charge >= 0.3 is 6.18 Å². The van der Waals surface area contributed by atoms with E-state index in [1.54, 1.807) is 19.6 Å². The van der Waals surface area contributed by atoms with Crippen LogP contribution in [0.15, 0.2) is 43.0 Å². The number of nitrogens with zero attached hydrogens (tertiary/aromatic N) is 2. The standard InChI is InChI=1S/C21H26F3N3O2/c1-20(2)9-8-17(16(18(20)29-3)12-27-11-10-25-13-27)26-19(28)14-4-6-15(7-5-14)21(22,23)24/h4-7,10-11,13,16-18H,8-9,12H2,1-3H3,(H,26,28)/t16-,17-,18-/m1/s1. The van der Waals surface area contributed by atoms with Gasteiger partial charge in [0.05, 0.1) is 18.0 Å². The van der Waals surface area contributed by atoms with E-state index in [1.165, 1.54) is 12.1 Å². The largest absolute Gasteiger partial charge is 0.416 e. The predicted octanol–water partition coefficient (Wildman–Crippen LogP) is 4.15. The highest BCUT2D eigenvalue weighted by Gasteiger charge is 2.45. The molecule has 0 saturated heterocycles. The summed E-state index contributed by atoms with van der Waals surface area (Å²) >= 11 is 0. The number of imidazole rings is 1. The van der Waals surface area contributed by atoms with Crippen molar-refractivity contribution < 1.29 is 22.7 Å². The second-order valence-electron chi connectivity index (χ2n) is 8.26. The molecule has 3 rings (SSSR count). The summed E-state index contributed by atoms with van der Waals surface area (Å²) in [7, 11) is 1.67. The van der Waals surface area contributed by atoms with Crippen LogP contribution in [0.3, 0.4) is 0 Å².